The van der Waals surface area contributed by atoms with Crippen LogP contribution in [0, 0.1) is 0 Å². The summed E-state index contributed by atoms with van der Waals surface area (Å²) < 4.78 is 18.4. The molecule has 0 N–H and O–H groups in total. The fourth-order valence-electron chi connectivity index (χ4n) is 2.42. The summed E-state index contributed by atoms with van der Waals surface area (Å²) in [6.07, 6.45) is 5.09. The van der Waals surface area contributed by atoms with Gasteiger partial charge in [-0.3, -0.25) is 4.57 Å². The molecule has 2 nitrogen and oxygen atoms in total. The molecule has 0 radical (unpaired) electrons. The van der Waals surface area contributed by atoms with Crippen molar-refractivity contribution in [3.63, 3.8) is 0 Å². The molecule has 0 amide bonds. The smallest absolute Gasteiger partial charge is 0.255 e. The average Bonchev–Trinajstić information content (AvgIpc) is 2.93. The Morgan fingerprint density at radius 3 is 2.59 bits per heavy atom. The lowest BCUT2D eigenvalue weighted by molar-refractivity contribution is 0.478. The minimum absolute atomic E-state index is 0.0150. The number of rotatable bonds is 6. The van der Waals surface area contributed by atoms with Crippen LogP contribution in [-0.2, 0) is 4.57 Å². The van der Waals surface area contributed by atoms with E-state index < -0.39 is 7.37 Å². The first kappa shape index (κ1) is 12.7. The molecule has 1 heterocycles. The predicted molar refractivity (Wildman–Crippen MR) is 72.1 cm³/mol. The molecule has 1 aliphatic rings. The minimum Gasteiger partial charge on any atom is -0.442 e. The molecule has 2 atom stereocenters. The molecule has 94 valence electrons. The Hall–Kier alpha value is -0.750. The molecular weight excluding hydrogens is 231 g/mol. The van der Waals surface area contributed by atoms with Crippen LogP contribution in [0.3, 0.4) is 0 Å². The summed E-state index contributed by atoms with van der Waals surface area (Å²) in [6, 6.07) is 9.56. The van der Waals surface area contributed by atoms with Gasteiger partial charge >= 0.3 is 0 Å². The Morgan fingerprint density at radius 1 is 1.29 bits per heavy atom. The van der Waals surface area contributed by atoms with Crippen LogP contribution in [-0.4, -0.2) is 11.3 Å². The molecule has 2 rings (SSSR count). The zero-order valence-electron chi connectivity index (χ0n) is 10.7. The molecule has 2 unspecified atom stereocenters. The molecular formula is C14H21O2P. The highest BCUT2D eigenvalue weighted by atomic mass is 31.2. The molecule has 1 fully saturated rings. The van der Waals surface area contributed by atoms with Gasteiger partial charge < -0.3 is 4.52 Å². The van der Waals surface area contributed by atoms with Gasteiger partial charge in [0.25, 0.3) is 7.37 Å². The Kier molecular flexibility index (Phi) is 3.63. The summed E-state index contributed by atoms with van der Waals surface area (Å²) in [5.41, 5.74) is 0. The van der Waals surface area contributed by atoms with Crippen molar-refractivity contribution in [1.29, 1.82) is 0 Å². The van der Waals surface area contributed by atoms with Crippen molar-refractivity contribution in [3.05, 3.63) is 30.3 Å². The average molecular weight is 252 g/mol. The maximum atomic E-state index is 12.7. The van der Waals surface area contributed by atoms with Crippen LogP contribution < -0.4 is 4.52 Å². The van der Waals surface area contributed by atoms with E-state index in [0.717, 1.165) is 37.6 Å². The Bertz CT molecular complexity index is 415. The maximum Gasteiger partial charge on any atom is 0.255 e. The van der Waals surface area contributed by atoms with E-state index in [1.54, 1.807) is 0 Å². The second kappa shape index (κ2) is 4.86. The maximum absolute atomic E-state index is 12.7. The summed E-state index contributed by atoms with van der Waals surface area (Å²) in [6.45, 7) is 4.30. The Balaban J connectivity index is 2.05. The Morgan fingerprint density at radius 2 is 2.00 bits per heavy atom. The highest BCUT2D eigenvalue weighted by Gasteiger charge is 2.65. The van der Waals surface area contributed by atoms with Gasteiger partial charge in [0.15, 0.2) is 0 Å². The highest BCUT2D eigenvalue weighted by Crippen LogP contribution is 2.78. The van der Waals surface area contributed by atoms with Gasteiger partial charge in [-0.25, -0.2) is 0 Å². The first-order chi connectivity index (χ1) is 8.16. The fraction of sp³-hybridized carbons (Fsp3) is 0.571. The molecule has 17 heavy (non-hydrogen) atoms. The molecule has 1 aliphatic heterocycles. The standard InChI is InChI=1S/C14H21O2P/c1-3-5-11-14(4-2)12-17(14,15)16-13-9-7-6-8-10-13/h6-10H,3-5,11-12H2,1-2H3. The molecule has 1 aromatic rings. The number of para-hydroxylation sites is 1. The zero-order valence-corrected chi connectivity index (χ0v) is 11.6. The third-order valence-corrected chi connectivity index (χ3v) is 7.06. The third-order valence-electron chi connectivity index (χ3n) is 3.77. The number of unbranched alkanes of at least 4 members (excludes halogenated alkanes) is 1. The van der Waals surface area contributed by atoms with Gasteiger partial charge in [0.1, 0.15) is 5.75 Å². The molecule has 0 spiro atoms. The van der Waals surface area contributed by atoms with Crippen molar-refractivity contribution in [3.8, 4) is 5.75 Å². The monoisotopic (exact) mass is 252 g/mol. The lowest BCUT2D eigenvalue weighted by Gasteiger charge is -2.14. The van der Waals surface area contributed by atoms with Gasteiger partial charge in [0.05, 0.1) is 11.3 Å². The highest BCUT2D eigenvalue weighted by molar-refractivity contribution is 7.69. The van der Waals surface area contributed by atoms with E-state index in [9.17, 15) is 4.57 Å². The molecule has 1 aromatic carbocycles. The van der Waals surface area contributed by atoms with Crippen LogP contribution in [0.5, 0.6) is 5.75 Å². The quantitative estimate of drug-likeness (QED) is 0.686. The van der Waals surface area contributed by atoms with Gasteiger partial charge in [-0.2, -0.15) is 0 Å². The van der Waals surface area contributed by atoms with Gasteiger partial charge in [-0.1, -0.05) is 44.9 Å². The van der Waals surface area contributed by atoms with Crippen LogP contribution in [0.15, 0.2) is 30.3 Å². The summed E-state index contributed by atoms with van der Waals surface area (Å²) in [7, 11) is -2.41. The van der Waals surface area contributed by atoms with Gasteiger partial charge in [0.2, 0.25) is 0 Å². The fourth-order valence-corrected chi connectivity index (χ4v) is 5.55. The van der Waals surface area contributed by atoms with Crippen LogP contribution in [0.25, 0.3) is 0 Å². The van der Waals surface area contributed by atoms with Crippen molar-refractivity contribution >= 4 is 7.37 Å². The molecule has 0 saturated carbocycles. The lowest BCUT2D eigenvalue weighted by atomic mass is 10.0. The second-order valence-corrected chi connectivity index (χ2v) is 7.71. The summed E-state index contributed by atoms with van der Waals surface area (Å²) >= 11 is 0. The van der Waals surface area contributed by atoms with Crippen LogP contribution in [0.2, 0.25) is 0 Å². The number of benzene rings is 1. The topological polar surface area (TPSA) is 26.3 Å². The molecule has 0 aliphatic carbocycles. The van der Waals surface area contributed by atoms with E-state index in [1.165, 1.54) is 0 Å². The van der Waals surface area contributed by atoms with Gasteiger partial charge in [-0.05, 0) is 25.0 Å². The van der Waals surface area contributed by atoms with E-state index in [-0.39, 0.29) is 5.16 Å². The normalized spacial score (nSPS) is 31.2. The van der Waals surface area contributed by atoms with Crippen molar-refractivity contribution in [2.24, 2.45) is 0 Å². The van der Waals surface area contributed by atoms with Gasteiger partial charge in [0, 0.05) is 0 Å². The van der Waals surface area contributed by atoms with Gasteiger partial charge in [-0.15, -0.1) is 0 Å². The predicted octanol–water partition coefficient (Wildman–Crippen LogP) is 4.70. The van der Waals surface area contributed by atoms with Crippen molar-refractivity contribution in [1.82, 2.24) is 0 Å². The summed E-state index contributed by atoms with van der Waals surface area (Å²) in [4.78, 5) is 0. The van der Waals surface area contributed by atoms with Crippen LogP contribution in [0.1, 0.15) is 39.5 Å². The van der Waals surface area contributed by atoms with E-state index in [0.29, 0.717) is 0 Å². The first-order valence-corrected chi connectivity index (χ1v) is 8.30. The number of hydrogen-bond acceptors (Lipinski definition) is 2. The largest absolute Gasteiger partial charge is 0.442 e. The van der Waals surface area contributed by atoms with Crippen LogP contribution >= 0.6 is 7.37 Å². The second-order valence-electron chi connectivity index (χ2n) is 4.92. The molecule has 0 bridgehead atoms. The van der Waals surface area contributed by atoms with E-state index >= 15 is 0 Å². The van der Waals surface area contributed by atoms with E-state index in [1.807, 2.05) is 30.3 Å². The number of hydrogen-bond donors (Lipinski definition) is 0. The minimum atomic E-state index is -2.41. The zero-order chi connectivity index (χ0) is 12.4. The third kappa shape index (κ3) is 2.42. The summed E-state index contributed by atoms with van der Waals surface area (Å²) in [5, 5.41) is -0.0150. The summed E-state index contributed by atoms with van der Waals surface area (Å²) in [5.74, 6) is 0.752. The molecule has 1 saturated heterocycles. The first-order valence-electron chi connectivity index (χ1n) is 6.49. The van der Waals surface area contributed by atoms with Crippen molar-refractivity contribution in [2.75, 3.05) is 6.16 Å². The van der Waals surface area contributed by atoms with Crippen LogP contribution in [0.4, 0.5) is 0 Å². The van der Waals surface area contributed by atoms with Crippen molar-refractivity contribution in [2.45, 2.75) is 44.7 Å². The lowest BCUT2D eigenvalue weighted by Crippen LogP contribution is -2.08. The Labute approximate surface area is 104 Å². The van der Waals surface area contributed by atoms with E-state index in [2.05, 4.69) is 13.8 Å². The molecule has 3 heteroatoms. The van der Waals surface area contributed by atoms with E-state index in [4.69, 9.17) is 4.52 Å². The van der Waals surface area contributed by atoms with Crippen molar-refractivity contribution < 1.29 is 9.09 Å². The molecule has 0 aromatic heterocycles. The SMILES string of the molecule is CCCCC1(CC)CP1(=O)Oc1ccccc1.